The topological polar surface area (TPSA) is 71.5 Å². The summed E-state index contributed by atoms with van der Waals surface area (Å²) in [4.78, 5) is 30.6. The number of likely N-dealkylation sites (tertiary alicyclic amines) is 1. The van der Waals surface area contributed by atoms with E-state index in [0.717, 1.165) is 23.1 Å². The number of nitrogens with zero attached hydrogens (tertiary/aromatic N) is 2. The summed E-state index contributed by atoms with van der Waals surface area (Å²) in [6.45, 7) is 8.29. The molecule has 0 aliphatic carbocycles. The van der Waals surface area contributed by atoms with Crippen molar-refractivity contribution >= 4 is 27.7 Å². The fraction of sp³-hybridized carbons (Fsp3) is 0.480. The van der Waals surface area contributed by atoms with Crippen molar-refractivity contribution < 1.29 is 14.3 Å². The predicted molar refractivity (Wildman–Crippen MR) is 129 cm³/mol. The lowest BCUT2D eigenvalue weighted by molar-refractivity contribution is -0.122. The molecule has 2 heterocycles. The minimum Gasteiger partial charge on any atom is -0.492 e. The highest BCUT2D eigenvalue weighted by Crippen LogP contribution is 2.31. The fourth-order valence-electron chi connectivity index (χ4n) is 3.70. The van der Waals surface area contributed by atoms with Gasteiger partial charge in [-0.05, 0) is 70.4 Å². The molecule has 1 saturated heterocycles. The van der Waals surface area contributed by atoms with Gasteiger partial charge < -0.3 is 15.0 Å². The van der Waals surface area contributed by atoms with Crippen molar-refractivity contribution in [1.29, 1.82) is 0 Å². The van der Waals surface area contributed by atoms with Gasteiger partial charge in [0, 0.05) is 37.9 Å². The molecule has 172 valence electrons. The molecule has 3 rings (SSSR count). The van der Waals surface area contributed by atoms with Crippen LogP contribution in [0.15, 0.2) is 47.2 Å². The van der Waals surface area contributed by atoms with E-state index in [0.29, 0.717) is 38.1 Å². The summed E-state index contributed by atoms with van der Waals surface area (Å²) in [7, 11) is 0. The zero-order valence-corrected chi connectivity index (χ0v) is 20.7. The number of pyridine rings is 1. The van der Waals surface area contributed by atoms with Gasteiger partial charge in [-0.2, -0.15) is 0 Å². The molecule has 1 fully saturated rings. The molecular formula is C25H32BrN3O3. The van der Waals surface area contributed by atoms with Crippen LogP contribution in [0.2, 0.25) is 0 Å². The summed E-state index contributed by atoms with van der Waals surface area (Å²) < 4.78 is 6.78. The average Bonchev–Trinajstić information content (AvgIpc) is 2.77. The second-order valence-corrected chi connectivity index (χ2v) is 10.1. The van der Waals surface area contributed by atoms with Crippen LogP contribution in [0.4, 0.5) is 0 Å². The van der Waals surface area contributed by atoms with Crippen LogP contribution in [0.1, 0.15) is 62.4 Å². The predicted octanol–water partition coefficient (Wildman–Crippen LogP) is 4.72. The van der Waals surface area contributed by atoms with E-state index in [2.05, 4.69) is 59.1 Å². The highest BCUT2D eigenvalue weighted by atomic mass is 79.9. The maximum absolute atomic E-state index is 12.5. The molecule has 1 aromatic carbocycles. The maximum Gasteiger partial charge on any atom is 0.255 e. The number of benzene rings is 1. The monoisotopic (exact) mass is 501 g/mol. The molecule has 1 aliphatic rings. The Morgan fingerprint density at radius 3 is 2.59 bits per heavy atom. The molecule has 0 atom stereocenters. The zero-order valence-electron chi connectivity index (χ0n) is 19.1. The number of carbonyl (C=O) groups is 2. The van der Waals surface area contributed by atoms with Crippen LogP contribution < -0.4 is 10.1 Å². The van der Waals surface area contributed by atoms with Crippen LogP contribution in [0.5, 0.6) is 5.75 Å². The third-order valence-corrected chi connectivity index (χ3v) is 6.28. The van der Waals surface area contributed by atoms with E-state index in [1.54, 1.807) is 24.5 Å². The number of hydrogen-bond donors (Lipinski definition) is 1. The number of rotatable bonds is 7. The van der Waals surface area contributed by atoms with Gasteiger partial charge in [-0.25, -0.2) is 0 Å². The second kappa shape index (κ2) is 10.9. The first kappa shape index (κ1) is 24.2. The quantitative estimate of drug-likeness (QED) is 0.557. The Bertz CT molecular complexity index is 920. The van der Waals surface area contributed by atoms with Gasteiger partial charge in [0.15, 0.2) is 0 Å². The molecule has 2 aromatic rings. The van der Waals surface area contributed by atoms with E-state index >= 15 is 0 Å². The summed E-state index contributed by atoms with van der Waals surface area (Å²) in [6, 6.07) is 9.81. The van der Waals surface area contributed by atoms with Gasteiger partial charge in [0.1, 0.15) is 5.75 Å². The van der Waals surface area contributed by atoms with Crippen molar-refractivity contribution in [3.63, 3.8) is 0 Å². The average molecular weight is 502 g/mol. The fourth-order valence-corrected chi connectivity index (χ4v) is 4.19. The number of nitrogens with one attached hydrogen (secondary N) is 1. The zero-order chi connectivity index (χ0) is 23.1. The molecule has 7 heteroatoms. The van der Waals surface area contributed by atoms with Crippen LogP contribution in [0.25, 0.3) is 0 Å². The van der Waals surface area contributed by atoms with Crippen molar-refractivity contribution in [2.24, 2.45) is 0 Å². The van der Waals surface area contributed by atoms with Gasteiger partial charge in [0.25, 0.3) is 5.91 Å². The molecule has 0 bridgehead atoms. The largest absolute Gasteiger partial charge is 0.492 e. The molecule has 0 radical (unpaired) electrons. The lowest BCUT2D eigenvalue weighted by Crippen LogP contribution is -2.46. The van der Waals surface area contributed by atoms with Gasteiger partial charge in [-0.15, -0.1) is 0 Å². The lowest BCUT2D eigenvalue weighted by atomic mass is 9.87. The van der Waals surface area contributed by atoms with Crippen molar-refractivity contribution in [2.75, 3.05) is 19.7 Å². The first-order chi connectivity index (χ1) is 15.2. The van der Waals surface area contributed by atoms with Crippen molar-refractivity contribution in [2.45, 2.75) is 57.9 Å². The molecule has 1 aliphatic heterocycles. The van der Waals surface area contributed by atoms with Crippen LogP contribution in [0, 0.1) is 0 Å². The normalized spacial score (nSPS) is 14.8. The third kappa shape index (κ3) is 6.79. The summed E-state index contributed by atoms with van der Waals surface area (Å²) >= 11 is 3.58. The van der Waals surface area contributed by atoms with E-state index in [4.69, 9.17) is 4.74 Å². The Kier molecular flexibility index (Phi) is 8.29. The van der Waals surface area contributed by atoms with Gasteiger partial charge in [-0.1, -0.05) is 26.8 Å². The Balaban J connectivity index is 1.35. The molecule has 0 saturated carbocycles. The Labute approximate surface area is 198 Å². The van der Waals surface area contributed by atoms with E-state index in [1.165, 1.54) is 5.56 Å². The molecular weight excluding hydrogens is 470 g/mol. The maximum atomic E-state index is 12.5. The standard InChI is InChI=1S/C25H32BrN3O3/c1-25(2,3)19-8-9-22(21(26)16-19)32-15-5-7-23(30)28-20-10-13-29(14-11-20)24(31)18-6-4-12-27-17-18/h4,6,8-9,12,16-17,20H,5,7,10-11,13-15H2,1-3H3,(H,28,30). The van der Waals surface area contributed by atoms with Gasteiger partial charge in [-0.3, -0.25) is 14.6 Å². The first-order valence-electron chi connectivity index (χ1n) is 11.2. The van der Waals surface area contributed by atoms with Crippen LogP contribution in [-0.4, -0.2) is 47.4 Å². The molecule has 0 unspecified atom stereocenters. The second-order valence-electron chi connectivity index (χ2n) is 9.22. The number of carbonyl (C=O) groups excluding carboxylic acids is 2. The van der Waals surface area contributed by atoms with E-state index in [9.17, 15) is 9.59 Å². The number of amides is 2. The summed E-state index contributed by atoms with van der Waals surface area (Å²) in [5.74, 6) is 0.832. The van der Waals surface area contributed by atoms with Crippen LogP contribution in [-0.2, 0) is 10.2 Å². The molecule has 0 spiro atoms. The highest BCUT2D eigenvalue weighted by molar-refractivity contribution is 9.10. The Morgan fingerprint density at radius 1 is 1.22 bits per heavy atom. The van der Waals surface area contributed by atoms with Crippen LogP contribution >= 0.6 is 15.9 Å². The smallest absolute Gasteiger partial charge is 0.255 e. The van der Waals surface area contributed by atoms with Crippen molar-refractivity contribution in [1.82, 2.24) is 15.2 Å². The lowest BCUT2D eigenvalue weighted by Gasteiger charge is -2.32. The number of aromatic nitrogens is 1. The minimum atomic E-state index is 0.00159. The van der Waals surface area contributed by atoms with Crippen LogP contribution in [0.3, 0.4) is 0 Å². The SMILES string of the molecule is CC(C)(C)c1ccc(OCCCC(=O)NC2CCN(C(=O)c3cccnc3)CC2)c(Br)c1. The molecule has 2 amide bonds. The van der Waals surface area contributed by atoms with E-state index in [-0.39, 0.29) is 23.3 Å². The molecule has 1 aromatic heterocycles. The molecule has 6 nitrogen and oxygen atoms in total. The van der Waals surface area contributed by atoms with E-state index in [1.807, 2.05) is 11.0 Å². The first-order valence-corrected chi connectivity index (χ1v) is 11.9. The van der Waals surface area contributed by atoms with E-state index < -0.39 is 0 Å². The van der Waals surface area contributed by atoms with Gasteiger partial charge >= 0.3 is 0 Å². The third-order valence-electron chi connectivity index (χ3n) is 5.66. The molecule has 32 heavy (non-hydrogen) atoms. The summed E-state index contributed by atoms with van der Waals surface area (Å²) in [6.07, 6.45) is 5.85. The number of halogens is 1. The van der Waals surface area contributed by atoms with Crippen molar-refractivity contribution in [3.05, 3.63) is 58.3 Å². The van der Waals surface area contributed by atoms with Crippen molar-refractivity contribution in [3.8, 4) is 5.75 Å². The Morgan fingerprint density at radius 2 is 1.97 bits per heavy atom. The number of ether oxygens (including phenoxy) is 1. The van der Waals surface area contributed by atoms with Gasteiger partial charge in [0.2, 0.25) is 5.91 Å². The molecule has 1 N–H and O–H groups in total. The Hall–Kier alpha value is -2.41. The summed E-state index contributed by atoms with van der Waals surface area (Å²) in [5, 5.41) is 3.10. The highest BCUT2D eigenvalue weighted by Gasteiger charge is 2.24. The summed E-state index contributed by atoms with van der Waals surface area (Å²) in [5.41, 5.74) is 1.93. The number of piperidine rings is 1. The minimum absolute atomic E-state index is 0.00159. The number of hydrogen-bond acceptors (Lipinski definition) is 4. The van der Waals surface area contributed by atoms with Gasteiger partial charge in [0.05, 0.1) is 16.6 Å².